The van der Waals surface area contributed by atoms with E-state index in [1.807, 2.05) is 60.7 Å². The highest BCUT2D eigenvalue weighted by Crippen LogP contribution is 2.21. The maximum atomic E-state index is 5.68. The lowest BCUT2D eigenvalue weighted by Gasteiger charge is -2.07. The lowest BCUT2D eigenvalue weighted by atomic mass is 10.2. The van der Waals surface area contributed by atoms with Gasteiger partial charge in [-0.3, -0.25) is 5.32 Å². The fourth-order valence-electron chi connectivity index (χ4n) is 2.44. The molecular formula is C20H16N8O. The third-order valence-electron chi connectivity index (χ3n) is 3.71. The minimum absolute atomic E-state index is 0.135. The van der Waals surface area contributed by atoms with Crippen molar-refractivity contribution in [3.63, 3.8) is 0 Å². The number of para-hydroxylation sites is 1. The van der Waals surface area contributed by atoms with Crippen LogP contribution in [0.1, 0.15) is 5.82 Å². The first-order chi connectivity index (χ1) is 14.2. The summed E-state index contributed by atoms with van der Waals surface area (Å²) in [7, 11) is 1.60. The average Bonchev–Trinajstić information content (AvgIpc) is 2.74. The highest BCUT2D eigenvalue weighted by atomic mass is 16.5. The second-order valence-corrected chi connectivity index (χ2v) is 5.84. The van der Waals surface area contributed by atoms with Gasteiger partial charge in [-0.1, -0.05) is 48.5 Å². The van der Waals surface area contributed by atoms with Gasteiger partial charge in [0, 0.05) is 12.6 Å². The lowest BCUT2D eigenvalue weighted by molar-refractivity contribution is 0.437. The molecule has 0 aliphatic rings. The van der Waals surface area contributed by atoms with Crippen LogP contribution in [0.15, 0.2) is 60.7 Å². The lowest BCUT2D eigenvalue weighted by Crippen LogP contribution is -2.07. The van der Waals surface area contributed by atoms with Crippen molar-refractivity contribution in [1.29, 1.82) is 0 Å². The van der Waals surface area contributed by atoms with Gasteiger partial charge in [-0.15, -0.1) is 0 Å². The molecule has 142 valence electrons. The van der Waals surface area contributed by atoms with Gasteiger partial charge in [0.25, 0.3) is 11.9 Å². The largest absolute Gasteiger partial charge is 0.424 e. The van der Waals surface area contributed by atoms with E-state index in [0.717, 1.165) is 5.56 Å². The van der Waals surface area contributed by atoms with Crippen molar-refractivity contribution < 1.29 is 4.74 Å². The number of aryl methyl sites for hydroxylation is 1. The molecule has 0 atom stereocenters. The fraction of sp³-hybridized carbons (Fsp3) is 0.100. The van der Waals surface area contributed by atoms with E-state index in [9.17, 15) is 0 Å². The molecule has 4 rings (SSSR count). The van der Waals surface area contributed by atoms with Crippen LogP contribution in [0.25, 0.3) is 11.4 Å². The predicted octanol–water partition coefficient (Wildman–Crippen LogP) is 3.26. The summed E-state index contributed by atoms with van der Waals surface area (Å²) < 4.78 is 5.68. The number of benzene rings is 2. The molecule has 2 radical (unpaired) electrons. The first-order valence-corrected chi connectivity index (χ1v) is 8.78. The molecule has 4 aromatic rings. The Morgan fingerprint density at radius 1 is 0.690 bits per heavy atom. The van der Waals surface area contributed by atoms with Crippen molar-refractivity contribution in [2.75, 3.05) is 7.05 Å². The van der Waals surface area contributed by atoms with Gasteiger partial charge >= 0.3 is 6.01 Å². The van der Waals surface area contributed by atoms with Crippen molar-refractivity contribution in [3.05, 3.63) is 66.5 Å². The number of hydrogen-bond donors (Lipinski definition) is 0. The van der Waals surface area contributed by atoms with Gasteiger partial charge in [0.05, 0.1) is 0 Å². The summed E-state index contributed by atoms with van der Waals surface area (Å²) in [5.74, 6) is 2.09. The van der Waals surface area contributed by atoms with E-state index in [0.29, 0.717) is 17.4 Å². The van der Waals surface area contributed by atoms with E-state index < -0.39 is 0 Å². The highest BCUT2D eigenvalue weighted by Gasteiger charge is 2.13. The van der Waals surface area contributed by atoms with E-state index in [-0.39, 0.29) is 23.9 Å². The van der Waals surface area contributed by atoms with Crippen LogP contribution >= 0.6 is 0 Å². The van der Waals surface area contributed by atoms with E-state index >= 15 is 0 Å². The van der Waals surface area contributed by atoms with Crippen LogP contribution < -0.4 is 15.4 Å². The second-order valence-electron chi connectivity index (χ2n) is 5.84. The zero-order valence-corrected chi connectivity index (χ0v) is 15.8. The highest BCUT2D eigenvalue weighted by molar-refractivity contribution is 5.56. The Morgan fingerprint density at radius 2 is 1.34 bits per heavy atom. The third-order valence-corrected chi connectivity index (χ3v) is 3.71. The monoisotopic (exact) mass is 384 g/mol. The van der Waals surface area contributed by atoms with Gasteiger partial charge in [0.2, 0.25) is 5.95 Å². The van der Waals surface area contributed by atoms with E-state index in [2.05, 4.69) is 40.5 Å². The summed E-state index contributed by atoms with van der Waals surface area (Å²) in [6, 6.07) is 18.9. The van der Waals surface area contributed by atoms with Gasteiger partial charge in [-0.25, -0.2) is 0 Å². The molecule has 2 aromatic heterocycles. The first-order valence-electron chi connectivity index (χ1n) is 8.78. The molecule has 0 fully saturated rings. The molecule has 0 saturated heterocycles. The second kappa shape index (κ2) is 8.26. The van der Waals surface area contributed by atoms with Crippen LogP contribution in [0.5, 0.6) is 11.8 Å². The molecule has 0 aliphatic heterocycles. The normalized spacial score (nSPS) is 10.4. The zero-order valence-electron chi connectivity index (χ0n) is 15.8. The molecule has 0 N–H and O–H groups in total. The molecule has 9 heteroatoms. The summed E-state index contributed by atoms with van der Waals surface area (Å²) in [5, 5.41) is 8.38. The van der Waals surface area contributed by atoms with Crippen LogP contribution in [-0.4, -0.2) is 37.0 Å². The molecule has 9 nitrogen and oxygen atoms in total. The quantitative estimate of drug-likeness (QED) is 0.501. The molecule has 2 heterocycles. The smallest absolute Gasteiger partial charge is 0.327 e. The summed E-state index contributed by atoms with van der Waals surface area (Å²) in [6.07, 6.45) is 0. The van der Waals surface area contributed by atoms with Crippen molar-refractivity contribution in [2.45, 2.75) is 6.92 Å². The molecule has 29 heavy (non-hydrogen) atoms. The average molecular weight is 384 g/mol. The molecular weight excluding hydrogens is 368 g/mol. The van der Waals surface area contributed by atoms with Crippen LogP contribution in [-0.2, 0) is 0 Å². The standard InChI is InChI=1S/C20H16N8O/c1-13-22-18(28-20(23-13)29-15-11-7-4-8-12-15)27-19-25-16(24-17(21-2)26-19)14-9-5-3-6-10-14/h3-12H,1-2H3. The van der Waals surface area contributed by atoms with Crippen molar-refractivity contribution in [2.24, 2.45) is 0 Å². The Balaban J connectivity index is 1.63. The first kappa shape index (κ1) is 18.2. The molecule has 0 bridgehead atoms. The van der Waals surface area contributed by atoms with Gasteiger partial charge < -0.3 is 4.74 Å². The third kappa shape index (κ3) is 4.59. The number of hydrogen-bond acceptors (Lipinski definition) is 7. The number of aromatic nitrogens is 6. The van der Waals surface area contributed by atoms with E-state index in [4.69, 9.17) is 4.74 Å². The number of ether oxygens (including phenoxy) is 1. The predicted molar refractivity (Wildman–Crippen MR) is 106 cm³/mol. The van der Waals surface area contributed by atoms with Crippen molar-refractivity contribution in [1.82, 2.24) is 40.5 Å². The minimum atomic E-state index is 0.135. The summed E-state index contributed by atoms with van der Waals surface area (Å²) in [6.45, 7) is 1.73. The zero-order chi connectivity index (χ0) is 20.1. The van der Waals surface area contributed by atoms with Crippen LogP contribution in [0.4, 0.5) is 17.8 Å². The van der Waals surface area contributed by atoms with Crippen molar-refractivity contribution >= 4 is 17.8 Å². The molecule has 0 spiro atoms. The van der Waals surface area contributed by atoms with Crippen LogP contribution in [0.3, 0.4) is 0 Å². The summed E-state index contributed by atoms with van der Waals surface area (Å²) in [4.78, 5) is 25.6. The Morgan fingerprint density at radius 3 is 2.07 bits per heavy atom. The molecule has 2 aromatic carbocycles. The van der Waals surface area contributed by atoms with E-state index in [1.165, 1.54) is 0 Å². The Bertz CT molecular complexity index is 1110. The van der Waals surface area contributed by atoms with Gasteiger partial charge in [0.1, 0.15) is 11.6 Å². The SMILES string of the molecule is C[N]c1nc([N]c2nc(C)nc(Oc3ccccc3)n2)nc(-c2ccccc2)n1. The Hall–Kier alpha value is -4.14. The van der Waals surface area contributed by atoms with Crippen molar-refractivity contribution in [3.8, 4) is 23.1 Å². The molecule has 0 amide bonds. The van der Waals surface area contributed by atoms with Gasteiger partial charge in [-0.05, 0) is 19.1 Å². The van der Waals surface area contributed by atoms with Gasteiger partial charge in [0.15, 0.2) is 5.82 Å². The summed E-state index contributed by atoms with van der Waals surface area (Å²) >= 11 is 0. The summed E-state index contributed by atoms with van der Waals surface area (Å²) in [5.41, 5.74) is 0.830. The van der Waals surface area contributed by atoms with Crippen LogP contribution in [0, 0.1) is 6.92 Å². The Kier molecular flexibility index (Phi) is 5.19. The Labute approximate surface area is 167 Å². The number of rotatable bonds is 6. The van der Waals surface area contributed by atoms with E-state index in [1.54, 1.807) is 14.0 Å². The molecule has 0 saturated carbocycles. The molecule has 0 unspecified atom stereocenters. The number of nitrogens with zero attached hydrogens (tertiary/aromatic N) is 8. The minimum Gasteiger partial charge on any atom is -0.424 e. The van der Waals surface area contributed by atoms with Crippen LogP contribution in [0.2, 0.25) is 0 Å². The topological polar surface area (TPSA) is 115 Å². The maximum absolute atomic E-state index is 5.68. The maximum Gasteiger partial charge on any atom is 0.327 e. The fourth-order valence-corrected chi connectivity index (χ4v) is 2.44. The molecule has 0 aliphatic carbocycles. The van der Waals surface area contributed by atoms with Gasteiger partial charge in [-0.2, -0.15) is 35.2 Å².